The third-order valence-corrected chi connectivity index (χ3v) is 3.24. The second kappa shape index (κ2) is 5.71. The molecule has 0 bridgehead atoms. The van der Waals surface area contributed by atoms with Crippen LogP contribution in [0.15, 0.2) is 34.8 Å². The molecular formula is C15H11BrF2O2. The average molecular weight is 341 g/mol. The van der Waals surface area contributed by atoms with E-state index in [0.717, 1.165) is 17.7 Å². The van der Waals surface area contributed by atoms with Crippen molar-refractivity contribution in [1.29, 1.82) is 0 Å². The predicted octanol–water partition coefficient (Wildman–Crippen LogP) is 4.28. The number of ether oxygens (including phenoxy) is 1. The normalized spacial score (nSPS) is 10.4. The fraction of sp³-hybridized carbons (Fsp3) is 0.133. The molecule has 104 valence electrons. The Morgan fingerprint density at radius 2 is 1.70 bits per heavy atom. The van der Waals surface area contributed by atoms with Crippen molar-refractivity contribution in [2.45, 2.75) is 6.92 Å². The molecule has 0 aliphatic carbocycles. The Labute approximate surface area is 123 Å². The maximum Gasteiger partial charge on any atom is 0.198 e. The molecule has 5 heteroatoms. The molecule has 0 fully saturated rings. The minimum atomic E-state index is -0.940. The quantitative estimate of drug-likeness (QED) is 0.779. The lowest BCUT2D eigenvalue weighted by atomic mass is 10.0. The minimum Gasteiger partial charge on any atom is -0.497 e. The Hall–Kier alpha value is -1.75. The Kier molecular flexibility index (Phi) is 4.18. The van der Waals surface area contributed by atoms with Gasteiger partial charge < -0.3 is 4.74 Å². The molecule has 0 aliphatic heterocycles. The molecular weight excluding hydrogens is 330 g/mol. The van der Waals surface area contributed by atoms with Gasteiger partial charge in [0.2, 0.25) is 0 Å². The van der Waals surface area contributed by atoms with E-state index in [1.807, 2.05) is 0 Å². The van der Waals surface area contributed by atoms with Gasteiger partial charge in [-0.15, -0.1) is 0 Å². The number of carbonyl (C=O) groups excluding carboxylic acids is 1. The fourth-order valence-electron chi connectivity index (χ4n) is 1.90. The number of ketones is 1. The van der Waals surface area contributed by atoms with Crippen LogP contribution in [-0.4, -0.2) is 12.9 Å². The fourth-order valence-corrected chi connectivity index (χ4v) is 2.50. The number of hydrogen-bond acceptors (Lipinski definition) is 2. The van der Waals surface area contributed by atoms with E-state index in [0.29, 0.717) is 4.47 Å². The number of aryl methyl sites for hydroxylation is 1. The van der Waals surface area contributed by atoms with Crippen molar-refractivity contribution in [1.82, 2.24) is 0 Å². The molecule has 0 aliphatic rings. The average Bonchev–Trinajstić information content (AvgIpc) is 2.36. The summed E-state index contributed by atoms with van der Waals surface area (Å²) in [5.74, 6) is -2.55. The third kappa shape index (κ3) is 2.88. The molecule has 2 aromatic rings. The number of halogens is 3. The molecule has 2 aromatic carbocycles. The maximum atomic E-state index is 13.9. The number of rotatable bonds is 3. The van der Waals surface area contributed by atoms with Crippen LogP contribution in [0, 0.1) is 18.6 Å². The zero-order chi connectivity index (χ0) is 14.9. The first-order valence-corrected chi connectivity index (χ1v) is 6.56. The maximum absolute atomic E-state index is 13.9. The largest absolute Gasteiger partial charge is 0.497 e. The van der Waals surface area contributed by atoms with E-state index in [-0.39, 0.29) is 11.3 Å². The summed E-state index contributed by atoms with van der Waals surface area (Å²) in [4.78, 5) is 12.3. The van der Waals surface area contributed by atoms with Crippen molar-refractivity contribution >= 4 is 21.7 Å². The molecule has 0 aromatic heterocycles. The molecule has 20 heavy (non-hydrogen) atoms. The summed E-state index contributed by atoms with van der Waals surface area (Å²) in [5, 5.41) is 0. The summed E-state index contributed by atoms with van der Waals surface area (Å²) in [6.45, 7) is 1.79. The Morgan fingerprint density at radius 1 is 1.10 bits per heavy atom. The van der Waals surface area contributed by atoms with Gasteiger partial charge in [0, 0.05) is 22.2 Å². The molecule has 0 radical (unpaired) electrons. The van der Waals surface area contributed by atoms with Crippen LogP contribution in [0.25, 0.3) is 0 Å². The molecule has 0 atom stereocenters. The lowest BCUT2D eigenvalue weighted by Gasteiger charge is -2.08. The van der Waals surface area contributed by atoms with E-state index in [1.165, 1.54) is 13.2 Å². The molecule has 0 amide bonds. The Balaban J connectivity index is 2.53. The Morgan fingerprint density at radius 3 is 2.20 bits per heavy atom. The minimum absolute atomic E-state index is 0.0296. The molecule has 0 unspecified atom stereocenters. The lowest BCUT2D eigenvalue weighted by Crippen LogP contribution is -2.08. The summed E-state index contributed by atoms with van der Waals surface area (Å²) in [5.41, 5.74) is 0.459. The number of benzene rings is 2. The van der Waals surface area contributed by atoms with Gasteiger partial charge in [0.15, 0.2) is 5.78 Å². The summed E-state index contributed by atoms with van der Waals surface area (Å²) >= 11 is 3.25. The standard InChI is InChI=1S/C15H11BrF2O2/c1-8-3-9(5-10(16)4-8)15(19)14-12(17)6-11(20-2)7-13(14)18/h3-7H,1-2H3. The predicted molar refractivity (Wildman–Crippen MR) is 75.2 cm³/mol. The van der Waals surface area contributed by atoms with E-state index in [4.69, 9.17) is 4.74 Å². The number of methoxy groups -OCH3 is 1. The zero-order valence-electron chi connectivity index (χ0n) is 10.8. The molecule has 2 rings (SSSR count). The monoisotopic (exact) mass is 340 g/mol. The smallest absolute Gasteiger partial charge is 0.198 e. The molecule has 0 heterocycles. The number of hydrogen-bond donors (Lipinski definition) is 0. The number of carbonyl (C=O) groups is 1. The van der Waals surface area contributed by atoms with Crippen LogP contribution in [-0.2, 0) is 0 Å². The highest BCUT2D eigenvalue weighted by Gasteiger charge is 2.21. The van der Waals surface area contributed by atoms with Crippen LogP contribution in [0.4, 0.5) is 8.78 Å². The zero-order valence-corrected chi connectivity index (χ0v) is 12.4. The van der Waals surface area contributed by atoms with Gasteiger partial charge in [-0.05, 0) is 30.7 Å². The summed E-state index contributed by atoms with van der Waals surface area (Å²) in [6, 6.07) is 6.88. The molecule has 0 spiro atoms. The van der Waals surface area contributed by atoms with E-state index in [2.05, 4.69) is 15.9 Å². The van der Waals surface area contributed by atoms with Crippen molar-refractivity contribution < 1.29 is 18.3 Å². The van der Waals surface area contributed by atoms with E-state index in [9.17, 15) is 13.6 Å². The third-order valence-electron chi connectivity index (χ3n) is 2.78. The van der Waals surface area contributed by atoms with E-state index >= 15 is 0 Å². The summed E-state index contributed by atoms with van der Waals surface area (Å²) in [7, 11) is 1.30. The van der Waals surface area contributed by atoms with Gasteiger partial charge in [0.1, 0.15) is 17.4 Å². The van der Waals surface area contributed by atoms with Gasteiger partial charge in [0.25, 0.3) is 0 Å². The highest BCUT2D eigenvalue weighted by molar-refractivity contribution is 9.10. The van der Waals surface area contributed by atoms with Gasteiger partial charge in [0.05, 0.1) is 12.7 Å². The van der Waals surface area contributed by atoms with Gasteiger partial charge >= 0.3 is 0 Å². The van der Waals surface area contributed by atoms with Gasteiger partial charge in [-0.3, -0.25) is 4.79 Å². The second-order valence-corrected chi connectivity index (χ2v) is 5.23. The van der Waals surface area contributed by atoms with Crippen LogP contribution in [0.3, 0.4) is 0 Å². The van der Waals surface area contributed by atoms with Crippen molar-refractivity contribution in [3.63, 3.8) is 0 Å². The summed E-state index contributed by atoms with van der Waals surface area (Å²) in [6.07, 6.45) is 0. The first-order valence-electron chi connectivity index (χ1n) is 5.77. The van der Waals surface area contributed by atoms with Crippen molar-refractivity contribution in [2.75, 3.05) is 7.11 Å². The van der Waals surface area contributed by atoms with Crippen LogP contribution in [0.2, 0.25) is 0 Å². The lowest BCUT2D eigenvalue weighted by molar-refractivity contribution is 0.103. The van der Waals surface area contributed by atoms with Crippen LogP contribution in [0.1, 0.15) is 21.5 Å². The molecule has 2 nitrogen and oxygen atoms in total. The Bertz CT molecular complexity index is 640. The SMILES string of the molecule is COc1cc(F)c(C(=O)c2cc(C)cc(Br)c2)c(F)c1. The van der Waals surface area contributed by atoms with Gasteiger partial charge in [-0.2, -0.15) is 0 Å². The summed E-state index contributed by atoms with van der Waals surface area (Å²) < 4.78 is 33.2. The molecule has 0 saturated carbocycles. The van der Waals surface area contributed by atoms with Gasteiger partial charge in [-0.1, -0.05) is 15.9 Å². The van der Waals surface area contributed by atoms with Crippen molar-refractivity contribution in [2.24, 2.45) is 0 Å². The van der Waals surface area contributed by atoms with E-state index < -0.39 is 23.0 Å². The molecule has 0 N–H and O–H groups in total. The van der Waals surface area contributed by atoms with Crippen LogP contribution in [0.5, 0.6) is 5.75 Å². The molecule has 0 saturated heterocycles. The first-order chi connectivity index (χ1) is 9.42. The van der Waals surface area contributed by atoms with Gasteiger partial charge in [-0.25, -0.2) is 8.78 Å². The topological polar surface area (TPSA) is 26.3 Å². The van der Waals surface area contributed by atoms with Crippen molar-refractivity contribution in [3.05, 3.63) is 63.1 Å². The van der Waals surface area contributed by atoms with Crippen molar-refractivity contribution in [3.8, 4) is 5.75 Å². The highest BCUT2D eigenvalue weighted by Crippen LogP contribution is 2.24. The first kappa shape index (κ1) is 14.7. The van der Waals surface area contributed by atoms with Crippen LogP contribution < -0.4 is 4.74 Å². The highest BCUT2D eigenvalue weighted by atomic mass is 79.9. The van der Waals surface area contributed by atoms with E-state index in [1.54, 1.807) is 19.1 Å². The second-order valence-electron chi connectivity index (χ2n) is 4.31. The van der Waals surface area contributed by atoms with Crippen LogP contribution >= 0.6 is 15.9 Å².